The van der Waals surface area contributed by atoms with E-state index in [2.05, 4.69) is 5.32 Å². The van der Waals surface area contributed by atoms with E-state index in [9.17, 15) is 18.0 Å². The van der Waals surface area contributed by atoms with Crippen LogP contribution >= 0.6 is 0 Å². The molecule has 20 heavy (non-hydrogen) atoms. The molecule has 0 saturated carbocycles. The topological polar surface area (TPSA) is 32.3 Å². The second-order valence-corrected chi connectivity index (χ2v) is 5.28. The number of rotatable bonds is 1. The molecule has 2 aliphatic rings. The van der Waals surface area contributed by atoms with Crippen LogP contribution < -0.4 is 5.32 Å². The summed E-state index contributed by atoms with van der Waals surface area (Å²) < 4.78 is 39.8. The van der Waals surface area contributed by atoms with E-state index in [-0.39, 0.29) is 18.0 Å². The monoisotopic (exact) mass is 284 g/mol. The molecule has 1 aromatic rings. The van der Waals surface area contributed by atoms with E-state index in [1.165, 1.54) is 0 Å². The zero-order valence-electron chi connectivity index (χ0n) is 10.8. The quantitative estimate of drug-likeness (QED) is 0.801. The average Bonchev–Trinajstić information content (AvgIpc) is 2.44. The molecular weight excluding hydrogens is 269 g/mol. The van der Waals surface area contributed by atoms with E-state index in [0.717, 1.165) is 25.0 Å². The van der Waals surface area contributed by atoms with E-state index in [4.69, 9.17) is 0 Å². The number of hydrogen-bond acceptors (Lipinski definition) is 2. The Kier molecular flexibility index (Phi) is 3.41. The molecular formula is C14H15F3N2O. The van der Waals surface area contributed by atoms with Gasteiger partial charge in [0.1, 0.15) is 0 Å². The number of hydrogen-bond donors (Lipinski definition) is 1. The molecule has 6 heteroatoms. The minimum atomic E-state index is -1.46. The number of nitrogens with one attached hydrogen (secondary N) is 1. The zero-order chi connectivity index (χ0) is 14.3. The van der Waals surface area contributed by atoms with Crippen molar-refractivity contribution >= 4 is 5.91 Å². The lowest BCUT2D eigenvalue weighted by molar-refractivity contribution is -0.138. The molecule has 0 radical (unpaired) electrons. The lowest BCUT2D eigenvalue weighted by atomic mass is 9.88. The van der Waals surface area contributed by atoms with E-state index in [1.54, 1.807) is 4.90 Å². The first kappa shape index (κ1) is 13.4. The van der Waals surface area contributed by atoms with Gasteiger partial charge >= 0.3 is 0 Å². The first-order chi connectivity index (χ1) is 9.58. The van der Waals surface area contributed by atoms with Crippen molar-refractivity contribution < 1.29 is 18.0 Å². The number of piperidine rings is 1. The molecule has 1 aromatic carbocycles. The first-order valence-corrected chi connectivity index (χ1v) is 6.75. The number of carbonyl (C=O) groups is 1. The first-order valence-electron chi connectivity index (χ1n) is 6.75. The average molecular weight is 284 g/mol. The molecule has 2 aliphatic heterocycles. The largest absolute Gasteiger partial charge is 0.337 e. The summed E-state index contributed by atoms with van der Waals surface area (Å²) >= 11 is 0. The van der Waals surface area contributed by atoms with E-state index in [1.807, 2.05) is 0 Å². The Morgan fingerprint density at radius 1 is 1.20 bits per heavy atom. The van der Waals surface area contributed by atoms with Crippen molar-refractivity contribution in [3.05, 3.63) is 35.1 Å². The minimum Gasteiger partial charge on any atom is -0.337 e. The normalized spacial score (nSPS) is 26.6. The highest BCUT2D eigenvalue weighted by Gasteiger charge is 2.37. The summed E-state index contributed by atoms with van der Waals surface area (Å²) in [5.74, 6) is -3.76. The fraction of sp³-hybridized carbons (Fsp3) is 0.500. The number of carbonyl (C=O) groups excluding carboxylic acids is 1. The number of amides is 1. The third-order valence-corrected chi connectivity index (χ3v) is 4.08. The maximum absolute atomic E-state index is 13.4. The molecule has 0 spiro atoms. The van der Waals surface area contributed by atoms with Gasteiger partial charge in [-0.1, -0.05) is 0 Å². The van der Waals surface area contributed by atoms with Crippen LogP contribution in [-0.2, 0) is 4.79 Å². The van der Waals surface area contributed by atoms with Crippen molar-refractivity contribution in [2.75, 3.05) is 13.1 Å². The van der Waals surface area contributed by atoms with Crippen LogP contribution in [0.25, 0.3) is 0 Å². The van der Waals surface area contributed by atoms with Gasteiger partial charge in [0.2, 0.25) is 5.91 Å². The van der Waals surface area contributed by atoms with Gasteiger partial charge in [-0.3, -0.25) is 4.79 Å². The van der Waals surface area contributed by atoms with Crippen LogP contribution in [0.15, 0.2) is 12.1 Å². The zero-order valence-corrected chi connectivity index (χ0v) is 10.8. The van der Waals surface area contributed by atoms with Gasteiger partial charge in [-0.25, -0.2) is 13.2 Å². The van der Waals surface area contributed by atoms with E-state index in [0.29, 0.717) is 25.1 Å². The highest BCUT2D eigenvalue weighted by molar-refractivity contribution is 5.77. The Morgan fingerprint density at radius 3 is 2.60 bits per heavy atom. The fourth-order valence-corrected chi connectivity index (χ4v) is 3.16. The van der Waals surface area contributed by atoms with Gasteiger partial charge in [-0.2, -0.15) is 0 Å². The van der Waals surface area contributed by atoms with E-state index < -0.39 is 17.5 Å². The maximum atomic E-state index is 13.4. The highest BCUT2D eigenvalue weighted by Crippen LogP contribution is 2.32. The highest BCUT2D eigenvalue weighted by atomic mass is 19.2. The molecule has 2 saturated heterocycles. The van der Waals surface area contributed by atoms with Crippen LogP contribution in [0, 0.1) is 17.5 Å². The van der Waals surface area contributed by atoms with Gasteiger partial charge in [0.05, 0.1) is 12.1 Å². The lowest BCUT2D eigenvalue weighted by Gasteiger charge is -2.45. The molecule has 1 amide bonds. The van der Waals surface area contributed by atoms with Crippen LogP contribution in [0.4, 0.5) is 13.2 Å². The van der Waals surface area contributed by atoms with Gasteiger partial charge in [0.15, 0.2) is 17.5 Å². The van der Waals surface area contributed by atoms with Gasteiger partial charge < -0.3 is 10.2 Å². The molecule has 1 N–H and O–H groups in total. The predicted octanol–water partition coefficient (Wildman–Crippen LogP) is 2.13. The summed E-state index contributed by atoms with van der Waals surface area (Å²) in [7, 11) is 0. The van der Waals surface area contributed by atoms with Crippen molar-refractivity contribution in [2.24, 2.45) is 0 Å². The molecule has 3 nitrogen and oxygen atoms in total. The standard InChI is InChI=1S/C14H15F3N2O/c15-9-6-8(7-10(16)13(9)17)14-11-2-1-3-12(20)19(11)5-4-18-14/h6-7,11,14,18H,1-5H2. The second kappa shape index (κ2) is 5.09. The van der Waals surface area contributed by atoms with Crippen molar-refractivity contribution in [1.82, 2.24) is 10.2 Å². The third-order valence-electron chi connectivity index (χ3n) is 4.08. The molecule has 0 aromatic heterocycles. The molecule has 2 heterocycles. The van der Waals surface area contributed by atoms with Gasteiger partial charge in [-0.05, 0) is 30.5 Å². The smallest absolute Gasteiger partial charge is 0.222 e. The van der Waals surface area contributed by atoms with Crippen LogP contribution in [0.3, 0.4) is 0 Å². The third kappa shape index (κ3) is 2.18. The number of piperazine rings is 1. The molecule has 2 fully saturated rings. The molecule has 3 rings (SSSR count). The fourth-order valence-electron chi connectivity index (χ4n) is 3.16. The Balaban J connectivity index is 1.94. The van der Waals surface area contributed by atoms with Crippen molar-refractivity contribution in [2.45, 2.75) is 31.3 Å². The summed E-state index contributed by atoms with van der Waals surface area (Å²) in [6.07, 6.45) is 2.07. The van der Waals surface area contributed by atoms with Crippen molar-refractivity contribution in [3.8, 4) is 0 Å². The van der Waals surface area contributed by atoms with Crippen molar-refractivity contribution in [1.29, 1.82) is 0 Å². The second-order valence-electron chi connectivity index (χ2n) is 5.28. The Morgan fingerprint density at radius 2 is 1.90 bits per heavy atom. The molecule has 108 valence electrons. The lowest BCUT2D eigenvalue weighted by Crippen LogP contribution is -2.57. The minimum absolute atomic E-state index is 0.0794. The van der Waals surface area contributed by atoms with Crippen LogP contribution in [0.2, 0.25) is 0 Å². The Bertz CT molecular complexity index is 526. The van der Waals surface area contributed by atoms with Crippen LogP contribution in [0.5, 0.6) is 0 Å². The number of benzene rings is 1. The van der Waals surface area contributed by atoms with Crippen LogP contribution in [0.1, 0.15) is 30.9 Å². The predicted molar refractivity (Wildman–Crippen MR) is 66.4 cm³/mol. The van der Waals surface area contributed by atoms with E-state index >= 15 is 0 Å². The summed E-state index contributed by atoms with van der Waals surface area (Å²) in [5, 5.41) is 3.18. The molecule has 0 aliphatic carbocycles. The summed E-state index contributed by atoms with van der Waals surface area (Å²) in [4.78, 5) is 13.7. The number of nitrogens with zero attached hydrogens (tertiary/aromatic N) is 1. The number of halogens is 3. The van der Waals surface area contributed by atoms with Gasteiger partial charge in [0.25, 0.3) is 0 Å². The Hall–Kier alpha value is -1.56. The molecule has 2 atom stereocenters. The van der Waals surface area contributed by atoms with Crippen LogP contribution in [-0.4, -0.2) is 29.9 Å². The molecule has 0 bridgehead atoms. The van der Waals surface area contributed by atoms with Gasteiger partial charge in [0, 0.05) is 19.5 Å². The Labute approximate surface area is 114 Å². The summed E-state index contributed by atoms with van der Waals surface area (Å²) in [6.45, 7) is 1.17. The van der Waals surface area contributed by atoms with Gasteiger partial charge in [-0.15, -0.1) is 0 Å². The SMILES string of the molecule is O=C1CCCC2C(c3cc(F)c(F)c(F)c3)NCCN12. The summed E-state index contributed by atoms with van der Waals surface area (Å²) in [5.41, 5.74) is 0.353. The number of fused-ring (bicyclic) bond motifs is 1. The maximum Gasteiger partial charge on any atom is 0.222 e. The van der Waals surface area contributed by atoms with Crippen molar-refractivity contribution in [3.63, 3.8) is 0 Å². The molecule has 2 unspecified atom stereocenters. The summed E-state index contributed by atoms with van der Waals surface area (Å²) in [6, 6.07) is 1.56.